The van der Waals surface area contributed by atoms with Gasteiger partial charge in [0, 0.05) is 0 Å². The number of halogens is 3. The van der Waals surface area contributed by atoms with E-state index in [1.807, 2.05) is 6.92 Å². The molecule has 0 saturated heterocycles. The van der Waals surface area contributed by atoms with E-state index in [4.69, 9.17) is 4.74 Å². The highest BCUT2D eigenvalue weighted by Gasteiger charge is 2.24. The molecule has 1 rings (SSSR count). The third kappa shape index (κ3) is 3.68. The zero-order chi connectivity index (χ0) is 12.2. The summed E-state index contributed by atoms with van der Waals surface area (Å²) in [5, 5.41) is 0. The molecule has 0 aromatic heterocycles. The van der Waals surface area contributed by atoms with E-state index in [1.54, 1.807) is 12.1 Å². The molecular weight excluding hydrogens is 220 g/mol. The summed E-state index contributed by atoms with van der Waals surface area (Å²) in [6.45, 7) is -4.24. The van der Waals surface area contributed by atoms with Gasteiger partial charge in [0.15, 0.2) is 11.5 Å². The second-order valence-corrected chi connectivity index (χ2v) is 3.36. The van der Waals surface area contributed by atoms with Crippen molar-refractivity contribution >= 4 is 6.98 Å². The van der Waals surface area contributed by atoms with Crippen molar-refractivity contribution in [1.82, 2.24) is 0 Å². The molecule has 0 spiro atoms. The maximum absolute atomic E-state index is 12.0. The first kappa shape index (κ1) is 12.7. The van der Waals surface area contributed by atoms with Crippen molar-refractivity contribution in [2.45, 2.75) is 13.3 Å². The molecule has 2 nitrogen and oxygen atoms in total. The average Bonchev–Trinajstić information content (AvgIpc) is 2.25. The molecule has 0 saturated carbocycles. The Bertz CT molecular complexity index is 352. The van der Waals surface area contributed by atoms with Crippen LogP contribution in [0.1, 0.15) is 12.5 Å². The van der Waals surface area contributed by atoms with Gasteiger partial charge in [-0.25, -0.2) is 0 Å². The number of hydrogen-bond donors (Lipinski definition) is 0. The van der Waals surface area contributed by atoms with Crippen LogP contribution in [0.5, 0.6) is 11.5 Å². The summed E-state index contributed by atoms with van der Waals surface area (Å²) in [7, 11) is 1.40. The molecule has 0 fully saturated rings. The van der Waals surface area contributed by atoms with Gasteiger partial charge in [0.1, 0.15) is 0 Å². The lowest BCUT2D eigenvalue weighted by Gasteiger charge is -2.17. The van der Waals surface area contributed by atoms with Crippen LogP contribution >= 0.6 is 0 Å². The third-order valence-corrected chi connectivity index (χ3v) is 2.06. The lowest BCUT2D eigenvalue weighted by molar-refractivity contribution is 0.295. The normalized spacial score (nSPS) is 11.3. The molecule has 0 aliphatic heterocycles. The molecule has 0 radical (unpaired) electrons. The number of hydrogen-bond acceptors (Lipinski definition) is 2. The molecule has 0 N–H and O–H groups in total. The fourth-order valence-corrected chi connectivity index (χ4v) is 1.24. The van der Waals surface area contributed by atoms with Crippen LogP contribution < -0.4 is 9.47 Å². The van der Waals surface area contributed by atoms with Crippen LogP contribution in [0.25, 0.3) is 0 Å². The van der Waals surface area contributed by atoms with E-state index in [9.17, 15) is 12.9 Å². The van der Waals surface area contributed by atoms with Crippen molar-refractivity contribution in [2.75, 3.05) is 13.6 Å². The summed E-state index contributed by atoms with van der Waals surface area (Å²) in [4.78, 5) is 0. The van der Waals surface area contributed by atoms with E-state index < -0.39 is 13.5 Å². The van der Waals surface area contributed by atoms with Crippen LogP contribution in [0.4, 0.5) is 12.9 Å². The standard InChI is InChI=1S/C10H13BF3O2/c1-3-8-4-5-9(10(6-8)15-2)16-7-11(12,13)14/h4-6H,3,7H2,1-2H3/q-1. The van der Waals surface area contributed by atoms with Gasteiger partial charge >= 0.3 is 6.98 Å². The molecule has 1 aromatic carbocycles. The van der Waals surface area contributed by atoms with Crippen molar-refractivity contribution in [3.8, 4) is 11.5 Å². The molecular formula is C10H13BF3O2-. The first-order valence-electron chi connectivity index (χ1n) is 4.97. The van der Waals surface area contributed by atoms with Crippen molar-refractivity contribution in [2.24, 2.45) is 0 Å². The van der Waals surface area contributed by atoms with Gasteiger partial charge in [-0.05, 0) is 24.1 Å². The maximum atomic E-state index is 12.0. The quantitative estimate of drug-likeness (QED) is 0.727. The average molecular weight is 233 g/mol. The number of aryl methyl sites for hydroxylation is 1. The van der Waals surface area contributed by atoms with Crippen LogP contribution in [0, 0.1) is 0 Å². The van der Waals surface area contributed by atoms with Crippen molar-refractivity contribution < 1.29 is 22.4 Å². The minimum atomic E-state index is -4.94. The molecule has 6 heteroatoms. The summed E-state index contributed by atoms with van der Waals surface area (Å²) in [5.41, 5.74) is 0.988. The predicted octanol–water partition coefficient (Wildman–Crippen LogP) is 3.02. The molecule has 16 heavy (non-hydrogen) atoms. The lowest BCUT2D eigenvalue weighted by atomic mass is 9.95. The van der Waals surface area contributed by atoms with Crippen LogP contribution in [-0.2, 0) is 6.42 Å². The third-order valence-electron chi connectivity index (χ3n) is 2.06. The molecule has 0 unspecified atom stereocenters. The highest BCUT2D eigenvalue weighted by atomic mass is 19.4. The minimum absolute atomic E-state index is 0.124. The van der Waals surface area contributed by atoms with Crippen LogP contribution in [0.2, 0.25) is 0 Å². The van der Waals surface area contributed by atoms with E-state index in [0.29, 0.717) is 5.75 Å². The van der Waals surface area contributed by atoms with Crippen molar-refractivity contribution in [1.29, 1.82) is 0 Å². The number of ether oxygens (including phenoxy) is 2. The first-order chi connectivity index (χ1) is 7.46. The first-order valence-corrected chi connectivity index (χ1v) is 4.97. The smallest absolute Gasteiger partial charge is 0.515 e. The SMILES string of the molecule is CCc1ccc(OC[B-](F)(F)F)c(OC)c1. The highest BCUT2D eigenvalue weighted by molar-refractivity contribution is 6.58. The molecule has 0 aliphatic rings. The second kappa shape index (κ2) is 5.14. The molecule has 0 heterocycles. The summed E-state index contributed by atoms with van der Waals surface area (Å²) in [6.07, 6.45) is 0.792. The molecule has 1 aromatic rings. The Hall–Kier alpha value is -1.33. The Morgan fingerprint density at radius 1 is 1.19 bits per heavy atom. The van der Waals surface area contributed by atoms with Gasteiger partial charge in [-0.2, -0.15) is 0 Å². The number of methoxy groups -OCH3 is 1. The molecule has 0 bridgehead atoms. The Balaban J connectivity index is 2.79. The van der Waals surface area contributed by atoms with Crippen molar-refractivity contribution in [3.63, 3.8) is 0 Å². The molecule has 90 valence electrons. The topological polar surface area (TPSA) is 18.5 Å². The van der Waals surface area contributed by atoms with Crippen molar-refractivity contribution in [3.05, 3.63) is 23.8 Å². The summed E-state index contributed by atoms with van der Waals surface area (Å²) < 4.78 is 45.7. The molecule has 0 amide bonds. The van der Waals surface area contributed by atoms with Gasteiger partial charge in [0.05, 0.1) is 13.6 Å². The summed E-state index contributed by atoms with van der Waals surface area (Å²) >= 11 is 0. The van der Waals surface area contributed by atoms with Crippen LogP contribution in [0.3, 0.4) is 0 Å². The Morgan fingerprint density at radius 2 is 1.88 bits per heavy atom. The van der Waals surface area contributed by atoms with E-state index in [0.717, 1.165) is 12.0 Å². The fraction of sp³-hybridized carbons (Fsp3) is 0.400. The van der Waals surface area contributed by atoms with Crippen LogP contribution in [0.15, 0.2) is 18.2 Å². The van der Waals surface area contributed by atoms with Gasteiger partial charge in [-0.15, -0.1) is 0 Å². The maximum Gasteiger partial charge on any atom is 0.515 e. The van der Waals surface area contributed by atoms with Gasteiger partial charge in [-0.3, -0.25) is 0 Å². The Kier molecular flexibility index (Phi) is 4.09. The number of benzene rings is 1. The van der Waals surface area contributed by atoms with E-state index in [-0.39, 0.29) is 5.75 Å². The van der Waals surface area contributed by atoms with Crippen LogP contribution in [-0.4, -0.2) is 20.6 Å². The predicted molar refractivity (Wildman–Crippen MR) is 56.9 cm³/mol. The Morgan fingerprint density at radius 3 is 2.38 bits per heavy atom. The lowest BCUT2D eigenvalue weighted by Crippen LogP contribution is -2.26. The Labute approximate surface area is 92.4 Å². The highest BCUT2D eigenvalue weighted by Crippen LogP contribution is 2.29. The van der Waals surface area contributed by atoms with Gasteiger partial charge in [0.25, 0.3) is 0 Å². The van der Waals surface area contributed by atoms with Gasteiger partial charge < -0.3 is 22.4 Å². The summed E-state index contributed by atoms with van der Waals surface area (Å²) in [6, 6.07) is 4.90. The monoisotopic (exact) mass is 233 g/mol. The van der Waals surface area contributed by atoms with E-state index in [2.05, 4.69) is 4.74 Å². The van der Waals surface area contributed by atoms with E-state index >= 15 is 0 Å². The molecule has 0 aliphatic carbocycles. The van der Waals surface area contributed by atoms with Gasteiger partial charge in [-0.1, -0.05) is 13.0 Å². The zero-order valence-corrected chi connectivity index (χ0v) is 9.17. The second-order valence-electron chi connectivity index (χ2n) is 3.36. The summed E-state index contributed by atoms with van der Waals surface area (Å²) in [5.74, 6) is 0.457. The fourth-order valence-electron chi connectivity index (χ4n) is 1.24. The number of rotatable bonds is 5. The van der Waals surface area contributed by atoms with Gasteiger partial charge in [0.2, 0.25) is 0 Å². The largest absolute Gasteiger partial charge is 0.519 e. The molecule has 0 atom stereocenters. The van der Waals surface area contributed by atoms with E-state index in [1.165, 1.54) is 13.2 Å². The zero-order valence-electron chi connectivity index (χ0n) is 9.17. The minimum Gasteiger partial charge on any atom is -0.519 e.